The highest BCUT2D eigenvalue weighted by Crippen LogP contribution is 2.45. The molecule has 1 unspecified atom stereocenters. The van der Waals surface area contributed by atoms with Gasteiger partial charge in [-0.05, 0) is 50.2 Å². The number of unbranched alkanes of at least 4 members (excludes halogenated alkanes) is 2. The largest absolute Gasteiger partial charge is 0.481 e. The van der Waals surface area contributed by atoms with Crippen molar-refractivity contribution in [3.05, 3.63) is 0 Å². The Morgan fingerprint density at radius 2 is 2.00 bits per heavy atom. The third-order valence-corrected chi connectivity index (χ3v) is 6.92. The minimum atomic E-state index is -0.716. The summed E-state index contributed by atoms with van der Waals surface area (Å²) >= 11 is 2.12. The van der Waals surface area contributed by atoms with Gasteiger partial charge in [0.25, 0.3) is 0 Å². The van der Waals surface area contributed by atoms with E-state index in [-0.39, 0.29) is 6.42 Å². The number of rotatable bonds is 14. The summed E-state index contributed by atoms with van der Waals surface area (Å²) in [6.07, 6.45) is 10.3. The van der Waals surface area contributed by atoms with E-state index in [2.05, 4.69) is 25.6 Å². The van der Waals surface area contributed by atoms with E-state index in [1.807, 2.05) is 0 Å². The number of aliphatic carboxylic acids is 1. The Kier molecular flexibility index (Phi) is 9.64. The summed E-state index contributed by atoms with van der Waals surface area (Å²) in [5.41, 5.74) is 0. The zero-order chi connectivity index (χ0) is 18.1. The summed E-state index contributed by atoms with van der Waals surface area (Å²) in [6, 6.07) is 0. The fourth-order valence-electron chi connectivity index (χ4n) is 4.18. The molecule has 2 aliphatic heterocycles. The van der Waals surface area contributed by atoms with Crippen molar-refractivity contribution in [2.24, 2.45) is 11.8 Å². The molecule has 2 heterocycles. The number of carboxylic acid groups (broad SMARTS) is 1. The third kappa shape index (κ3) is 7.10. The van der Waals surface area contributed by atoms with Gasteiger partial charge in [0.2, 0.25) is 0 Å². The highest BCUT2D eigenvalue weighted by Gasteiger charge is 2.48. The molecule has 146 valence electrons. The molecule has 0 radical (unpaired) electrons. The van der Waals surface area contributed by atoms with Crippen molar-refractivity contribution < 1.29 is 19.4 Å². The molecule has 25 heavy (non-hydrogen) atoms. The lowest BCUT2D eigenvalue weighted by Gasteiger charge is -2.28. The van der Waals surface area contributed by atoms with Gasteiger partial charge in [-0.15, -0.1) is 0 Å². The van der Waals surface area contributed by atoms with Gasteiger partial charge in [0.05, 0.1) is 18.8 Å². The fraction of sp³-hybridized carbons (Fsp3) is 0.950. The molecule has 0 aliphatic carbocycles. The van der Waals surface area contributed by atoms with Crippen LogP contribution in [0.2, 0.25) is 0 Å². The van der Waals surface area contributed by atoms with Crippen molar-refractivity contribution in [3.8, 4) is 0 Å². The van der Waals surface area contributed by atoms with Crippen LogP contribution in [0.5, 0.6) is 0 Å². The number of ether oxygens (including phenoxy) is 2. The molecule has 0 spiro atoms. The van der Waals surface area contributed by atoms with Crippen LogP contribution in [0.1, 0.15) is 71.6 Å². The minimum Gasteiger partial charge on any atom is -0.481 e. The molecule has 1 N–H and O–H groups in total. The number of carboxylic acids is 1. The molecule has 0 amide bonds. The van der Waals surface area contributed by atoms with Gasteiger partial charge in [-0.3, -0.25) is 4.79 Å². The highest BCUT2D eigenvalue weighted by atomic mass is 32.2. The number of hydrogen-bond donors (Lipinski definition) is 1. The van der Waals surface area contributed by atoms with E-state index >= 15 is 0 Å². The van der Waals surface area contributed by atoms with Crippen LogP contribution >= 0.6 is 11.8 Å². The number of fused-ring (bicyclic) bond motifs is 2. The smallest absolute Gasteiger partial charge is 0.303 e. The average Bonchev–Trinajstić information content (AvgIpc) is 3.18. The van der Waals surface area contributed by atoms with Crippen LogP contribution in [-0.4, -0.2) is 47.5 Å². The molecule has 0 aromatic rings. The van der Waals surface area contributed by atoms with E-state index in [9.17, 15) is 4.79 Å². The Hall–Kier alpha value is -0.260. The van der Waals surface area contributed by atoms with Gasteiger partial charge in [0, 0.05) is 24.2 Å². The standard InChI is InChI=1S/C20H36O4S/c1-3-4-7-15(2)25-13-11-16-17(19-10-9-18(16)24-19)14-23-12-6-5-8-20(21)22/h15-19H,3-14H2,1-2H3,(H,21,22)/t15?,16-,17+,18-,19+/m0/s1. The maximum absolute atomic E-state index is 10.5. The molecule has 0 aromatic heterocycles. The van der Waals surface area contributed by atoms with Gasteiger partial charge < -0.3 is 14.6 Å². The lowest BCUT2D eigenvalue weighted by Crippen LogP contribution is -2.31. The molecule has 4 nitrogen and oxygen atoms in total. The third-order valence-electron chi connectivity index (χ3n) is 5.65. The van der Waals surface area contributed by atoms with Crippen LogP contribution in [0.3, 0.4) is 0 Å². The van der Waals surface area contributed by atoms with Crippen molar-refractivity contribution >= 4 is 17.7 Å². The average molecular weight is 373 g/mol. The van der Waals surface area contributed by atoms with E-state index in [1.165, 1.54) is 44.3 Å². The van der Waals surface area contributed by atoms with Gasteiger partial charge >= 0.3 is 5.97 Å². The molecule has 5 heteroatoms. The molecule has 5 atom stereocenters. The summed E-state index contributed by atoms with van der Waals surface area (Å²) < 4.78 is 12.0. The Morgan fingerprint density at radius 3 is 2.72 bits per heavy atom. The summed E-state index contributed by atoms with van der Waals surface area (Å²) in [6.45, 7) is 6.08. The van der Waals surface area contributed by atoms with Crippen molar-refractivity contribution in [1.29, 1.82) is 0 Å². The van der Waals surface area contributed by atoms with Crippen LogP contribution in [0, 0.1) is 11.8 Å². The lowest BCUT2D eigenvalue weighted by molar-refractivity contribution is -0.137. The predicted molar refractivity (Wildman–Crippen MR) is 103 cm³/mol. The number of thioether (sulfide) groups is 1. The molecular formula is C20H36O4S. The second-order valence-electron chi connectivity index (χ2n) is 7.66. The Labute approximate surface area is 157 Å². The molecular weight excluding hydrogens is 336 g/mol. The zero-order valence-electron chi connectivity index (χ0n) is 16.0. The molecule has 0 aromatic carbocycles. The van der Waals surface area contributed by atoms with Gasteiger partial charge in [-0.2, -0.15) is 11.8 Å². The first kappa shape index (κ1) is 21.0. The summed E-state index contributed by atoms with van der Waals surface area (Å²) in [5.74, 6) is 1.72. The lowest BCUT2D eigenvalue weighted by atomic mass is 9.78. The Balaban J connectivity index is 1.63. The molecule has 2 saturated heterocycles. The highest BCUT2D eigenvalue weighted by molar-refractivity contribution is 7.99. The van der Waals surface area contributed by atoms with E-state index in [4.69, 9.17) is 14.6 Å². The van der Waals surface area contributed by atoms with Crippen molar-refractivity contribution in [2.75, 3.05) is 19.0 Å². The molecule has 2 aliphatic rings. The van der Waals surface area contributed by atoms with E-state index in [0.29, 0.717) is 37.1 Å². The summed E-state index contributed by atoms with van der Waals surface area (Å²) in [7, 11) is 0. The minimum absolute atomic E-state index is 0.247. The van der Waals surface area contributed by atoms with Crippen LogP contribution < -0.4 is 0 Å². The maximum Gasteiger partial charge on any atom is 0.303 e. The van der Waals surface area contributed by atoms with Crippen molar-refractivity contribution in [2.45, 2.75) is 89.1 Å². The SMILES string of the molecule is CCCCC(C)SCC[C@H]1[C@@H](COCCCCC(=O)O)[C@H]2CC[C@@H]1O2. The summed E-state index contributed by atoms with van der Waals surface area (Å²) in [4.78, 5) is 10.5. The maximum atomic E-state index is 10.5. The Morgan fingerprint density at radius 1 is 1.24 bits per heavy atom. The normalized spacial score (nSPS) is 29.2. The monoisotopic (exact) mass is 372 g/mol. The first-order chi connectivity index (χ1) is 12.1. The number of carbonyl (C=O) groups is 1. The van der Waals surface area contributed by atoms with Gasteiger partial charge in [-0.25, -0.2) is 0 Å². The fourth-order valence-corrected chi connectivity index (χ4v) is 5.33. The van der Waals surface area contributed by atoms with E-state index in [0.717, 1.165) is 18.3 Å². The van der Waals surface area contributed by atoms with Gasteiger partial charge in [-0.1, -0.05) is 26.7 Å². The van der Waals surface area contributed by atoms with Gasteiger partial charge in [0.15, 0.2) is 0 Å². The second-order valence-corrected chi connectivity index (χ2v) is 9.20. The van der Waals surface area contributed by atoms with E-state index < -0.39 is 5.97 Å². The van der Waals surface area contributed by atoms with Gasteiger partial charge in [0.1, 0.15) is 0 Å². The first-order valence-electron chi connectivity index (χ1n) is 10.2. The quantitative estimate of drug-likeness (QED) is 0.446. The zero-order valence-corrected chi connectivity index (χ0v) is 16.8. The Bertz CT molecular complexity index is 390. The molecule has 2 fully saturated rings. The van der Waals surface area contributed by atoms with Crippen molar-refractivity contribution in [3.63, 3.8) is 0 Å². The first-order valence-corrected chi connectivity index (χ1v) is 11.2. The molecule has 0 saturated carbocycles. The predicted octanol–water partition coefficient (Wildman–Crippen LogP) is 4.75. The van der Waals surface area contributed by atoms with Crippen LogP contribution in [-0.2, 0) is 14.3 Å². The summed E-state index contributed by atoms with van der Waals surface area (Å²) in [5, 5.41) is 9.43. The second kappa shape index (κ2) is 11.5. The van der Waals surface area contributed by atoms with Crippen molar-refractivity contribution in [1.82, 2.24) is 0 Å². The number of hydrogen-bond acceptors (Lipinski definition) is 4. The van der Waals surface area contributed by atoms with Crippen LogP contribution in [0.25, 0.3) is 0 Å². The molecule has 2 bridgehead atoms. The molecule has 2 rings (SSSR count). The topological polar surface area (TPSA) is 55.8 Å². The van der Waals surface area contributed by atoms with E-state index in [1.54, 1.807) is 0 Å². The van der Waals surface area contributed by atoms with Crippen LogP contribution in [0.4, 0.5) is 0 Å². The van der Waals surface area contributed by atoms with Crippen LogP contribution in [0.15, 0.2) is 0 Å².